The molecule has 18 heavy (non-hydrogen) atoms. The molecular formula is C11H17N5O2. The topological polar surface area (TPSA) is 92.0 Å². The predicted molar refractivity (Wildman–Crippen MR) is 64.7 cm³/mol. The first-order chi connectivity index (χ1) is 8.44. The maximum atomic E-state index is 6.04. The molecule has 0 bridgehead atoms. The first-order valence-electron chi connectivity index (χ1n) is 5.57. The summed E-state index contributed by atoms with van der Waals surface area (Å²) in [6.07, 6.45) is 0. The van der Waals surface area contributed by atoms with E-state index in [9.17, 15) is 0 Å². The van der Waals surface area contributed by atoms with E-state index in [4.69, 9.17) is 15.0 Å². The molecule has 0 saturated heterocycles. The van der Waals surface area contributed by atoms with Gasteiger partial charge in [0, 0.05) is 19.9 Å². The van der Waals surface area contributed by atoms with Gasteiger partial charge in [0.2, 0.25) is 0 Å². The number of hydrogen-bond acceptors (Lipinski definition) is 6. The number of aryl methyl sites for hydroxylation is 2. The zero-order chi connectivity index (χ0) is 13.3. The van der Waals surface area contributed by atoms with Crippen LogP contribution in [0.15, 0.2) is 10.6 Å². The Morgan fingerprint density at radius 1 is 1.56 bits per heavy atom. The van der Waals surface area contributed by atoms with Crippen molar-refractivity contribution in [2.45, 2.75) is 19.4 Å². The van der Waals surface area contributed by atoms with E-state index < -0.39 is 5.54 Å². The molecule has 2 aromatic heterocycles. The Hall–Kier alpha value is -1.73. The van der Waals surface area contributed by atoms with E-state index in [1.807, 2.05) is 20.0 Å². The van der Waals surface area contributed by atoms with Crippen LogP contribution in [0.3, 0.4) is 0 Å². The molecule has 0 aliphatic rings. The van der Waals surface area contributed by atoms with Gasteiger partial charge >= 0.3 is 0 Å². The molecule has 0 radical (unpaired) electrons. The summed E-state index contributed by atoms with van der Waals surface area (Å²) in [5.74, 6) is 0.768. The van der Waals surface area contributed by atoms with E-state index in [1.165, 1.54) is 0 Å². The van der Waals surface area contributed by atoms with Crippen molar-refractivity contribution in [2.24, 2.45) is 12.8 Å². The van der Waals surface area contributed by atoms with E-state index in [1.54, 1.807) is 18.7 Å². The Kier molecular flexibility index (Phi) is 3.18. The second-order valence-corrected chi connectivity index (χ2v) is 4.57. The van der Waals surface area contributed by atoms with E-state index >= 15 is 0 Å². The number of nitrogens with zero attached hydrogens (tertiary/aromatic N) is 4. The van der Waals surface area contributed by atoms with E-state index in [-0.39, 0.29) is 0 Å². The molecule has 0 spiro atoms. The Labute approximate surface area is 105 Å². The summed E-state index contributed by atoms with van der Waals surface area (Å²) < 4.78 is 12.0. The maximum absolute atomic E-state index is 6.04. The van der Waals surface area contributed by atoms with Crippen LogP contribution < -0.4 is 5.73 Å². The van der Waals surface area contributed by atoms with Gasteiger partial charge in [0.15, 0.2) is 11.5 Å². The molecule has 98 valence electrons. The summed E-state index contributed by atoms with van der Waals surface area (Å²) in [6, 6.07) is 1.88. The smallest absolute Gasteiger partial charge is 0.278 e. The SMILES string of the molecule is COCC(C)(N)c1noc(-c2cc(C)n(C)n2)n1. The molecule has 7 nitrogen and oxygen atoms in total. The lowest BCUT2D eigenvalue weighted by atomic mass is 10.1. The normalized spacial score (nSPS) is 14.7. The van der Waals surface area contributed by atoms with E-state index in [2.05, 4.69) is 15.2 Å². The fraction of sp³-hybridized carbons (Fsp3) is 0.545. The molecule has 0 fully saturated rings. The number of methoxy groups -OCH3 is 1. The number of hydrogen-bond donors (Lipinski definition) is 1. The van der Waals surface area contributed by atoms with Crippen molar-refractivity contribution in [3.05, 3.63) is 17.6 Å². The van der Waals surface area contributed by atoms with Crippen molar-refractivity contribution in [2.75, 3.05) is 13.7 Å². The van der Waals surface area contributed by atoms with E-state index in [0.717, 1.165) is 5.69 Å². The second-order valence-electron chi connectivity index (χ2n) is 4.57. The first-order valence-corrected chi connectivity index (χ1v) is 5.57. The van der Waals surface area contributed by atoms with Crippen LogP contribution in [-0.2, 0) is 17.3 Å². The molecule has 0 amide bonds. The van der Waals surface area contributed by atoms with Crippen LogP contribution >= 0.6 is 0 Å². The van der Waals surface area contributed by atoms with Gasteiger partial charge in [0.05, 0.1) is 6.61 Å². The van der Waals surface area contributed by atoms with Crippen LogP contribution in [0.5, 0.6) is 0 Å². The highest BCUT2D eigenvalue weighted by atomic mass is 16.5. The Morgan fingerprint density at radius 3 is 2.83 bits per heavy atom. The highest BCUT2D eigenvalue weighted by Crippen LogP contribution is 2.20. The molecule has 0 aliphatic heterocycles. The zero-order valence-electron chi connectivity index (χ0n) is 11.0. The standard InChI is InChI=1S/C11H17N5O2/c1-7-5-8(14-16(7)3)9-13-10(15-18-9)11(2,12)6-17-4/h5H,6,12H2,1-4H3. The lowest BCUT2D eigenvalue weighted by Crippen LogP contribution is -2.38. The number of nitrogens with two attached hydrogens (primary N) is 1. The summed E-state index contributed by atoms with van der Waals surface area (Å²) in [4.78, 5) is 4.27. The van der Waals surface area contributed by atoms with Gasteiger partial charge < -0.3 is 15.0 Å². The molecule has 2 aromatic rings. The summed E-state index contributed by atoms with van der Waals surface area (Å²) in [5, 5.41) is 8.15. The summed E-state index contributed by atoms with van der Waals surface area (Å²) in [5.41, 5.74) is 6.91. The van der Waals surface area contributed by atoms with Crippen LogP contribution in [0.4, 0.5) is 0 Å². The first kappa shape index (κ1) is 12.7. The Bertz CT molecular complexity index is 524. The van der Waals surface area contributed by atoms with Crippen molar-refractivity contribution in [1.29, 1.82) is 0 Å². The third-order valence-electron chi connectivity index (χ3n) is 2.71. The van der Waals surface area contributed by atoms with Gasteiger partial charge in [-0.1, -0.05) is 5.16 Å². The predicted octanol–water partition coefficient (Wildman–Crippen LogP) is 0.599. The van der Waals surface area contributed by atoms with Gasteiger partial charge in [0.25, 0.3) is 5.89 Å². The van der Waals surface area contributed by atoms with Crippen molar-refractivity contribution < 1.29 is 9.26 Å². The fourth-order valence-electron chi connectivity index (χ4n) is 1.59. The van der Waals surface area contributed by atoms with E-state index in [0.29, 0.717) is 24.0 Å². The van der Waals surface area contributed by atoms with Gasteiger partial charge in [-0.05, 0) is 19.9 Å². The van der Waals surface area contributed by atoms with Crippen LogP contribution in [-0.4, -0.2) is 33.6 Å². The average molecular weight is 251 g/mol. The minimum Gasteiger partial charge on any atom is -0.382 e. The highest BCUT2D eigenvalue weighted by Gasteiger charge is 2.28. The van der Waals surface area contributed by atoms with Gasteiger partial charge in [-0.25, -0.2) is 0 Å². The lowest BCUT2D eigenvalue weighted by Gasteiger charge is -2.18. The number of aromatic nitrogens is 4. The minimum absolute atomic E-state index is 0.313. The van der Waals surface area contributed by atoms with Crippen LogP contribution in [0.25, 0.3) is 11.6 Å². The fourth-order valence-corrected chi connectivity index (χ4v) is 1.59. The molecule has 2 heterocycles. The van der Waals surface area contributed by atoms with Gasteiger partial charge in [-0.15, -0.1) is 0 Å². The van der Waals surface area contributed by atoms with Crippen LogP contribution in [0.2, 0.25) is 0 Å². The van der Waals surface area contributed by atoms with Gasteiger partial charge in [0.1, 0.15) is 5.54 Å². The number of ether oxygens (including phenoxy) is 1. The van der Waals surface area contributed by atoms with Gasteiger partial charge in [-0.3, -0.25) is 4.68 Å². The largest absolute Gasteiger partial charge is 0.382 e. The quantitative estimate of drug-likeness (QED) is 0.855. The molecule has 0 saturated carbocycles. The lowest BCUT2D eigenvalue weighted by molar-refractivity contribution is 0.135. The molecule has 0 aliphatic carbocycles. The molecule has 0 aromatic carbocycles. The molecule has 2 N–H and O–H groups in total. The minimum atomic E-state index is -0.777. The summed E-state index contributed by atoms with van der Waals surface area (Å²) >= 11 is 0. The van der Waals surface area contributed by atoms with Crippen molar-refractivity contribution in [1.82, 2.24) is 19.9 Å². The molecule has 1 atom stereocenters. The summed E-state index contributed by atoms with van der Waals surface area (Å²) in [6.45, 7) is 4.05. The molecule has 1 unspecified atom stereocenters. The average Bonchev–Trinajstić information content (AvgIpc) is 2.87. The van der Waals surface area contributed by atoms with Crippen molar-refractivity contribution >= 4 is 0 Å². The maximum Gasteiger partial charge on any atom is 0.278 e. The van der Waals surface area contributed by atoms with Crippen molar-refractivity contribution in [3.63, 3.8) is 0 Å². The van der Waals surface area contributed by atoms with Crippen LogP contribution in [0, 0.1) is 6.92 Å². The van der Waals surface area contributed by atoms with Crippen molar-refractivity contribution in [3.8, 4) is 11.6 Å². The van der Waals surface area contributed by atoms with Gasteiger partial charge in [-0.2, -0.15) is 10.1 Å². The Balaban J connectivity index is 2.30. The van der Waals surface area contributed by atoms with Crippen LogP contribution in [0.1, 0.15) is 18.4 Å². The molecule has 2 rings (SSSR count). The third-order valence-corrected chi connectivity index (χ3v) is 2.71. The number of rotatable bonds is 4. The molecular weight excluding hydrogens is 234 g/mol. The monoisotopic (exact) mass is 251 g/mol. The third kappa shape index (κ3) is 2.27. The highest BCUT2D eigenvalue weighted by molar-refractivity contribution is 5.46. The summed E-state index contributed by atoms with van der Waals surface area (Å²) in [7, 11) is 3.43. The Morgan fingerprint density at radius 2 is 2.28 bits per heavy atom. The zero-order valence-corrected chi connectivity index (χ0v) is 11.0. The molecule has 7 heteroatoms. The second kappa shape index (κ2) is 4.51.